The van der Waals surface area contributed by atoms with Gasteiger partial charge in [-0.1, -0.05) is 36.4 Å². The molecule has 0 radical (unpaired) electrons. The molecule has 8 heteroatoms. The Kier molecular flexibility index (Phi) is 3.62. The van der Waals surface area contributed by atoms with E-state index in [1.165, 1.54) is 0 Å². The smallest absolute Gasteiger partial charge is 0.306 e. The Labute approximate surface area is 177 Å². The van der Waals surface area contributed by atoms with Gasteiger partial charge in [-0.2, -0.15) is 5.26 Å². The Morgan fingerprint density at radius 1 is 1.26 bits per heavy atom. The molecule has 5 rings (SSSR count). The summed E-state index contributed by atoms with van der Waals surface area (Å²) in [7, 11) is 0. The highest BCUT2D eigenvalue weighted by Gasteiger charge is 2.81. The zero-order chi connectivity index (χ0) is 22.2. The molecule has 154 valence electrons. The lowest BCUT2D eigenvalue weighted by Crippen LogP contribution is -2.55. The number of imide groups is 1. The minimum Gasteiger partial charge on any atom is -0.481 e. The zero-order valence-corrected chi connectivity index (χ0v) is 16.5. The molecule has 0 aromatic heterocycles. The normalized spacial score (nSPS) is 33.0. The highest BCUT2D eigenvalue weighted by atomic mass is 16.5. The van der Waals surface area contributed by atoms with E-state index >= 15 is 0 Å². The predicted octanol–water partition coefficient (Wildman–Crippen LogP) is 2.21. The van der Waals surface area contributed by atoms with E-state index in [0.29, 0.717) is 22.0 Å². The molecule has 2 amide bonds. The highest BCUT2D eigenvalue weighted by Crippen LogP contribution is 2.63. The summed E-state index contributed by atoms with van der Waals surface area (Å²) in [6.07, 6.45) is 2.68. The summed E-state index contributed by atoms with van der Waals surface area (Å²) < 4.78 is 6.03. The van der Waals surface area contributed by atoms with E-state index in [1.54, 1.807) is 55.5 Å². The number of ether oxygens (including phenoxy) is 1. The van der Waals surface area contributed by atoms with Crippen molar-refractivity contribution in [3.63, 3.8) is 0 Å². The molecule has 1 N–H and O–H groups in total. The van der Waals surface area contributed by atoms with Gasteiger partial charge in [-0.15, -0.1) is 0 Å². The van der Waals surface area contributed by atoms with Crippen LogP contribution in [0.5, 0.6) is 0 Å². The highest BCUT2D eigenvalue weighted by molar-refractivity contribution is 6.30. The van der Waals surface area contributed by atoms with Gasteiger partial charge in [0, 0.05) is 10.8 Å². The molecule has 8 nitrogen and oxygen atoms in total. The molecular formula is C23H17N3O5. The summed E-state index contributed by atoms with van der Waals surface area (Å²) in [5, 5.41) is 20.1. The third-order valence-corrected chi connectivity index (χ3v) is 6.68. The van der Waals surface area contributed by atoms with Gasteiger partial charge >= 0.3 is 5.97 Å². The number of hydrogen-bond acceptors (Lipinski definition) is 6. The Hall–Kier alpha value is -3.83. The number of nitriles is 1. The quantitative estimate of drug-likeness (QED) is 0.464. The average Bonchev–Trinajstić information content (AvgIpc) is 3.28. The molecule has 3 heterocycles. The molecule has 2 bridgehead atoms. The molecule has 2 saturated heterocycles. The lowest BCUT2D eigenvalue weighted by molar-refractivity contribution is -0.145. The first kappa shape index (κ1) is 19.2. The molecule has 3 aliphatic rings. The Bertz CT molecular complexity index is 1290. The Morgan fingerprint density at radius 3 is 2.61 bits per heavy atom. The largest absolute Gasteiger partial charge is 0.481 e. The second-order valence-electron chi connectivity index (χ2n) is 8.19. The van der Waals surface area contributed by atoms with Gasteiger partial charge in [0.05, 0.1) is 23.7 Å². The number of amides is 2. The van der Waals surface area contributed by atoms with Crippen molar-refractivity contribution in [2.75, 3.05) is 4.90 Å². The number of hydrogen-bond donors (Lipinski definition) is 1. The molecule has 3 unspecified atom stereocenters. The van der Waals surface area contributed by atoms with E-state index in [1.807, 2.05) is 0 Å². The fourth-order valence-corrected chi connectivity index (χ4v) is 5.44. The molecule has 2 aromatic carbocycles. The fraction of sp³-hybridized carbons (Fsp3) is 0.261. The number of aliphatic imine (C=N–C) groups is 1. The topological polar surface area (TPSA) is 120 Å². The number of rotatable bonds is 4. The minimum absolute atomic E-state index is 0.315. The number of benzene rings is 2. The van der Waals surface area contributed by atoms with Crippen molar-refractivity contribution in [3.05, 3.63) is 54.1 Å². The van der Waals surface area contributed by atoms with Gasteiger partial charge < -0.3 is 9.84 Å². The number of carbonyl (C=O) groups excluding carboxylic acids is 2. The van der Waals surface area contributed by atoms with Crippen LogP contribution in [0.1, 0.15) is 18.9 Å². The molecule has 31 heavy (non-hydrogen) atoms. The van der Waals surface area contributed by atoms with Crippen LogP contribution in [0.15, 0.2) is 53.5 Å². The number of carboxylic acid groups (broad SMARTS) is 1. The van der Waals surface area contributed by atoms with E-state index in [0.717, 1.165) is 4.90 Å². The Balaban J connectivity index is 1.75. The fourth-order valence-electron chi connectivity index (χ4n) is 5.44. The van der Waals surface area contributed by atoms with Crippen molar-refractivity contribution in [2.45, 2.75) is 30.1 Å². The lowest BCUT2D eigenvalue weighted by Gasteiger charge is -2.34. The SMILES string of the molecule is C=N[C@]12C(=O)N(c3ccc(C#N)c4ccccc34)C(=O)C1C1(CC(=O)O)C=CC2(C)O1. The van der Waals surface area contributed by atoms with Crippen LogP contribution in [0.25, 0.3) is 10.8 Å². The van der Waals surface area contributed by atoms with Crippen molar-refractivity contribution in [1.82, 2.24) is 0 Å². The van der Waals surface area contributed by atoms with Crippen molar-refractivity contribution >= 4 is 41.0 Å². The van der Waals surface area contributed by atoms with E-state index in [9.17, 15) is 24.8 Å². The van der Waals surface area contributed by atoms with Crippen LogP contribution < -0.4 is 4.90 Å². The monoisotopic (exact) mass is 415 g/mol. The number of nitrogens with zero attached hydrogens (tertiary/aromatic N) is 3. The number of fused-ring (bicyclic) bond motifs is 6. The number of anilines is 1. The molecule has 2 aromatic rings. The summed E-state index contributed by atoms with van der Waals surface area (Å²) in [5.41, 5.74) is -3.75. The van der Waals surface area contributed by atoms with Crippen LogP contribution in [-0.4, -0.2) is 46.3 Å². The lowest BCUT2D eigenvalue weighted by atomic mass is 9.66. The van der Waals surface area contributed by atoms with E-state index in [4.69, 9.17) is 4.74 Å². The number of carboxylic acids is 1. The first-order valence-electron chi connectivity index (χ1n) is 9.65. The first-order chi connectivity index (χ1) is 14.7. The van der Waals surface area contributed by atoms with Crippen LogP contribution in [-0.2, 0) is 19.1 Å². The third-order valence-electron chi connectivity index (χ3n) is 6.68. The van der Waals surface area contributed by atoms with Gasteiger partial charge in [-0.05, 0) is 25.8 Å². The van der Waals surface area contributed by atoms with Crippen molar-refractivity contribution in [2.24, 2.45) is 10.9 Å². The summed E-state index contributed by atoms with van der Waals surface area (Å²) in [6.45, 7) is 5.22. The van der Waals surface area contributed by atoms with Crippen LogP contribution in [0, 0.1) is 17.2 Å². The van der Waals surface area contributed by atoms with Gasteiger partial charge in [0.25, 0.3) is 5.91 Å². The van der Waals surface area contributed by atoms with Crippen molar-refractivity contribution in [1.29, 1.82) is 5.26 Å². The molecule has 0 saturated carbocycles. The third kappa shape index (κ3) is 2.06. The van der Waals surface area contributed by atoms with Gasteiger partial charge in [0.2, 0.25) is 5.91 Å². The summed E-state index contributed by atoms with van der Waals surface area (Å²) in [4.78, 5) is 44.3. The standard InChI is InChI=1S/C23H17N3O5/c1-21-9-10-22(31-21,11-17(27)28)18-19(29)26(20(30)23(18,21)25-2)16-8-7-13(12-24)14-5-3-4-6-15(14)16/h3-10,18H,2,11H2,1H3,(H,27,28)/t18?,21?,22?,23-/m0/s1. The van der Waals surface area contributed by atoms with Crippen LogP contribution in [0.4, 0.5) is 5.69 Å². The summed E-state index contributed by atoms with van der Waals surface area (Å²) >= 11 is 0. The maximum atomic E-state index is 13.8. The average molecular weight is 415 g/mol. The zero-order valence-electron chi connectivity index (χ0n) is 16.5. The molecule has 3 aliphatic heterocycles. The van der Waals surface area contributed by atoms with E-state index < -0.39 is 46.9 Å². The first-order valence-corrected chi connectivity index (χ1v) is 9.65. The van der Waals surface area contributed by atoms with E-state index in [-0.39, 0.29) is 0 Å². The number of aliphatic carboxylic acids is 1. The second-order valence-corrected chi connectivity index (χ2v) is 8.19. The number of carbonyl (C=O) groups is 3. The van der Waals surface area contributed by atoms with Gasteiger partial charge in [0.15, 0.2) is 5.54 Å². The van der Waals surface area contributed by atoms with Crippen LogP contribution in [0.3, 0.4) is 0 Å². The summed E-state index contributed by atoms with van der Waals surface area (Å²) in [5.74, 6) is -3.53. The van der Waals surface area contributed by atoms with E-state index in [2.05, 4.69) is 17.8 Å². The Morgan fingerprint density at radius 2 is 1.97 bits per heavy atom. The molecule has 2 fully saturated rings. The molecule has 0 aliphatic carbocycles. The van der Waals surface area contributed by atoms with Gasteiger partial charge in [-0.25, -0.2) is 4.90 Å². The summed E-state index contributed by atoms with van der Waals surface area (Å²) in [6, 6.07) is 12.2. The maximum absolute atomic E-state index is 13.8. The molecular weight excluding hydrogens is 398 g/mol. The van der Waals surface area contributed by atoms with Gasteiger partial charge in [-0.3, -0.25) is 19.4 Å². The van der Waals surface area contributed by atoms with Crippen molar-refractivity contribution < 1.29 is 24.2 Å². The minimum atomic E-state index is -1.68. The van der Waals surface area contributed by atoms with Gasteiger partial charge in [0.1, 0.15) is 17.1 Å². The molecule has 0 spiro atoms. The predicted molar refractivity (Wildman–Crippen MR) is 111 cm³/mol. The van der Waals surface area contributed by atoms with Crippen LogP contribution in [0.2, 0.25) is 0 Å². The van der Waals surface area contributed by atoms with Crippen molar-refractivity contribution in [3.8, 4) is 6.07 Å². The second kappa shape index (κ2) is 5.86. The maximum Gasteiger partial charge on any atom is 0.306 e. The molecule has 4 atom stereocenters. The van der Waals surface area contributed by atoms with Crippen LogP contribution >= 0.6 is 0 Å².